The van der Waals surface area contributed by atoms with Crippen molar-refractivity contribution >= 4 is 5.91 Å². The van der Waals surface area contributed by atoms with E-state index < -0.39 is 6.10 Å². The lowest BCUT2D eigenvalue weighted by Crippen LogP contribution is -2.41. The molecule has 1 atom stereocenters. The van der Waals surface area contributed by atoms with E-state index in [9.17, 15) is 9.90 Å². The molecule has 27 heavy (non-hydrogen) atoms. The van der Waals surface area contributed by atoms with Crippen molar-refractivity contribution < 1.29 is 14.3 Å². The van der Waals surface area contributed by atoms with Gasteiger partial charge in [-0.25, -0.2) is 0 Å². The number of furan rings is 1. The minimum atomic E-state index is -0.639. The Morgan fingerprint density at radius 2 is 2.11 bits per heavy atom. The van der Waals surface area contributed by atoms with Crippen LogP contribution in [0.5, 0.6) is 0 Å². The van der Waals surface area contributed by atoms with Crippen molar-refractivity contribution in [1.29, 1.82) is 0 Å². The van der Waals surface area contributed by atoms with E-state index >= 15 is 0 Å². The number of carbonyl (C=O) groups excluding carboxylic acids is 1. The Morgan fingerprint density at radius 3 is 2.74 bits per heavy atom. The van der Waals surface area contributed by atoms with Crippen LogP contribution in [0.4, 0.5) is 0 Å². The van der Waals surface area contributed by atoms with Crippen LogP contribution in [0.15, 0.2) is 41.1 Å². The third-order valence-corrected chi connectivity index (χ3v) is 4.47. The van der Waals surface area contributed by atoms with Gasteiger partial charge in [-0.3, -0.25) is 9.78 Å². The second kappa shape index (κ2) is 10.8. The fourth-order valence-electron chi connectivity index (χ4n) is 2.81. The van der Waals surface area contributed by atoms with E-state index in [1.54, 1.807) is 12.3 Å². The van der Waals surface area contributed by atoms with Crippen LogP contribution in [0.25, 0.3) is 0 Å². The Kier molecular flexibility index (Phi) is 8.48. The number of hydrogen-bond donors (Lipinski definition) is 2. The normalized spacial score (nSPS) is 12.5. The topological polar surface area (TPSA) is 78.6 Å². The molecule has 2 aromatic heterocycles. The van der Waals surface area contributed by atoms with Crippen molar-refractivity contribution in [3.8, 4) is 0 Å². The lowest BCUT2D eigenvalue weighted by Gasteiger charge is -2.26. The molecule has 0 saturated carbocycles. The van der Waals surface area contributed by atoms with Gasteiger partial charge >= 0.3 is 0 Å². The summed E-state index contributed by atoms with van der Waals surface area (Å²) >= 11 is 0. The first-order chi connectivity index (χ1) is 13.0. The van der Waals surface area contributed by atoms with E-state index in [1.807, 2.05) is 25.1 Å². The molecular formula is C21H31N3O3. The van der Waals surface area contributed by atoms with Crippen LogP contribution < -0.4 is 5.32 Å². The molecule has 0 spiro atoms. The van der Waals surface area contributed by atoms with Gasteiger partial charge < -0.3 is 19.7 Å². The highest BCUT2D eigenvalue weighted by atomic mass is 16.3. The SMILES string of the molecule is Cc1ccoc1C(=O)NCC(O)CN(CCc1ccccn1)CCC(C)C. The van der Waals surface area contributed by atoms with E-state index in [1.165, 1.54) is 6.26 Å². The molecule has 2 rings (SSSR count). The first-order valence-electron chi connectivity index (χ1n) is 9.58. The van der Waals surface area contributed by atoms with Gasteiger partial charge in [0.1, 0.15) is 0 Å². The van der Waals surface area contributed by atoms with Gasteiger partial charge in [0.25, 0.3) is 5.91 Å². The maximum Gasteiger partial charge on any atom is 0.287 e. The molecule has 148 valence electrons. The van der Waals surface area contributed by atoms with Crippen molar-refractivity contribution in [3.05, 3.63) is 53.7 Å². The quantitative estimate of drug-likeness (QED) is 0.633. The van der Waals surface area contributed by atoms with E-state index in [0.717, 1.165) is 37.2 Å². The lowest BCUT2D eigenvalue weighted by atomic mass is 10.1. The van der Waals surface area contributed by atoms with Gasteiger partial charge in [0, 0.05) is 43.5 Å². The number of nitrogens with zero attached hydrogens (tertiary/aromatic N) is 2. The third kappa shape index (κ3) is 7.53. The molecule has 0 aromatic carbocycles. The Morgan fingerprint density at radius 1 is 1.30 bits per heavy atom. The Hall–Kier alpha value is -2.18. The predicted octanol–water partition coefficient (Wildman–Crippen LogP) is 2.66. The highest BCUT2D eigenvalue weighted by molar-refractivity contribution is 5.92. The van der Waals surface area contributed by atoms with Gasteiger partial charge in [-0.15, -0.1) is 0 Å². The maximum absolute atomic E-state index is 12.1. The molecule has 0 radical (unpaired) electrons. The zero-order valence-corrected chi connectivity index (χ0v) is 16.5. The molecule has 0 fully saturated rings. The maximum atomic E-state index is 12.1. The molecule has 0 bridgehead atoms. The Bertz CT molecular complexity index is 685. The minimum absolute atomic E-state index is 0.195. The summed E-state index contributed by atoms with van der Waals surface area (Å²) in [5, 5.41) is 13.1. The summed E-state index contributed by atoms with van der Waals surface area (Å²) in [6, 6.07) is 7.66. The average molecular weight is 373 g/mol. The summed E-state index contributed by atoms with van der Waals surface area (Å²) in [4.78, 5) is 18.7. The van der Waals surface area contributed by atoms with Crippen molar-refractivity contribution in [1.82, 2.24) is 15.2 Å². The zero-order valence-electron chi connectivity index (χ0n) is 16.5. The number of aliphatic hydroxyl groups is 1. The monoisotopic (exact) mass is 373 g/mol. The molecule has 6 heteroatoms. The number of carbonyl (C=O) groups is 1. The first kappa shape index (κ1) is 21.1. The molecular weight excluding hydrogens is 342 g/mol. The molecule has 2 aromatic rings. The largest absolute Gasteiger partial charge is 0.459 e. The standard InChI is InChI=1S/C21H31N3O3/c1-16(2)7-11-24(12-8-18-6-4-5-10-22-18)15-19(25)14-23-21(26)20-17(3)9-13-27-20/h4-6,9-10,13,16,19,25H,7-8,11-12,14-15H2,1-3H3,(H,23,26). The summed E-state index contributed by atoms with van der Waals surface area (Å²) in [6.07, 6.45) is 4.55. The van der Waals surface area contributed by atoms with Gasteiger partial charge in [-0.2, -0.15) is 0 Å². The molecule has 1 amide bonds. The lowest BCUT2D eigenvalue weighted by molar-refractivity contribution is 0.0831. The summed E-state index contributed by atoms with van der Waals surface area (Å²) in [6.45, 7) is 8.65. The number of aromatic nitrogens is 1. The minimum Gasteiger partial charge on any atom is -0.459 e. The number of aryl methyl sites for hydroxylation is 1. The second-order valence-corrected chi connectivity index (χ2v) is 7.35. The summed E-state index contributed by atoms with van der Waals surface area (Å²) in [5.41, 5.74) is 1.83. The number of pyridine rings is 1. The smallest absolute Gasteiger partial charge is 0.287 e. The Balaban J connectivity index is 1.82. The van der Waals surface area contributed by atoms with E-state index in [4.69, 9.17) is 4.42 Å². The highest BCUT2D eigenvalue weighted by Gasteiger charge is 2.16. The van der Waals surface area contributed by atoms with Crippen LogP contribution >= 0.6 is 0 Å². The van der Waals surface area contributed by atoms with Crippen LogP contribution in [-0.2, 0) is 6.42 Å². The zero-order chi connectivity index (χ0) is 19.6. The van der Waals surface area contributed by atoms with Crippen LogP contribution in [0.2, 0.25) is 0 Å². The van der Waals surface area contributed by atoms with Gasteiger partial charge in [0.15, 0.2) is 5.76 Å². The van der Waals surface area contributed by atoms with Crippen LogP contribution in [0.3, 0.4) is 0 Å². The third-order valence-electron chi connectivity index (χ3n) is 4.47. The van der Waals surface area contributed by atoms with E-state index in [2.05, 4.69) is 29.0 Å². The fourth-order valence-corrected chi connectivity index (χ4v) is 2.81. The van der Waals surface area contributed by atoms with Gasteiger partial charge in [0.05, 0.1) is 12.4 Å². The van der Waals surface area contributed by atoms with Crippen molar-refractivity contribution in [2.45, 2.75) is 39.7 Å². The summed E-state index contributed by atoms with van der Waals surface area (Å²) < 4.78 is 5.18. The number of aliphatic hydroxyl groups excluding tert-OH is 1. The van der Waals surface area contributed by atoms with Crippen molar-refractivity contribution in [3.63, 3.8) is 0 Å². The molecule has 1 unspecified atom stereocenters. The van der Waals surface area contributed by atoms with Crippen LogP contribution in [0, 0.1) is 12.8 Å². The molecule has 2 heterocycles. The van der Waals surface area contributed by atoms with Gasteiger partial charge in [-0.05, 0) is 44.0 Å². The van der Waals surface area contributed by atoms with Crippen LogP contribution in [0.1, 0.15) is 42.1 Å². The molecule has 6 nitrogen and oxygen atoms in total. The second-order valence-electron chi connectivity index (χ2n) is 7.35. The number of amides is 1. The Labute approximate surface area is 161 Å². The average Bonchev–Trinajstić information content (AvgIpc) is 3.08. The van der Waals surface area contributed by atoms with Crippen molar-refractivity contribution in [2.24, 2.45) is 5.92 Å². The van der Waals surface area contributed by atoms with E-state index in [-0.39, 0.29) is 12.5 Å². The molecule has 0 aliphatic heterocycles. The fraction of sp³-hybridized carbons (Fsp3) is 0.524. The molecule has 0 saturated heterocycles. The summed E-state index contributed by atoms with van der Waals surface area (Å²) in [7, 11) is 0. The van der Waals surface area contributed by atoms with Crippen molar-refractivity contribution in [2.75, 3.05) is 26.2 Å². The molecule has 2 N–H and O–H groups in total. The number of rotatable bonds is 11. The molecule has 0 aliphatic rings. The summed E-state index contributed by atoms with van der Waals surface area (Å²) in [5.74, 6) is 0.605. The molecule has 0 aliphatic carbocycles. The van der Waals surface area contributed by atoms with Gasteiger partial charge in [-0.1, -0.05) is 19.9 Å². The number of hydrogen-bond acceptors (Lipinski definition) is 5. The van der Waals surface area contributed by atoms with Crippen LogP contribution in [-0.4, -0.2) is 53.2 Å². The number of nitrogens with one attached hydrogen (secondary N) is 1. The first-order valence-corrected chi connectivity index (χ1v) is 9.58. The van der Waals surface area contributed by atoms with E-state index in [0.29, 0.717) is 18.2 Å². The predicted molar refractivity (Wildman–Crippen MR) is 106 cm³/mol. The van der Waals surface area contributed by atoms with Gasteiger partial charge in [0.2, 0.25) is 0 Å². The highest BCUT2D eigenvalue weighted by Crippen LogP contribution is 2.08.